The molecule has 0 aromatic heterocycles. The average Bonchev–Trinajstić information content (AvgIpc) is 2.36. The Morgan fingerprint density at radius 3 is 2.65 bits per heavy atom. The topological polar surface area (TPSA) is 61.4 Å². The fourth-order valence-electron chi connectivity index (χ4n) is 2.09. The van der Waals surface area contributed by atoms with Crippen LogP contribution in [0.25, 0.3) is 0 Å². The standard InChI is InChI=1S/C14H18ClN3O2/c1-2-18(10-7-16-8-10)9-13(19)17-14(20)11-5-3-4-6-12(11)15/h3-6,10,16H,2,7-9H2,1H3,(H,17,19,20). The van der Waals surface area contributed by atoms with E-state index in [1.165, 1.54) is 0 Å². The molecule has 1 heterocycles. The second-order valence-corrected chi connectivity index (χ2v) is 5.14. The van der Waals surface area contributed by atoms with Crippen molar-refractivity contribution in [2.45, 2.75) is 13.0 Å². The van der Waals surface area contributed by atoms with Gasteiger partial charge in [-0.1, -0.05) is 30.7 Å². The quantitative estimate of drug-likeness (QED) is 0.847. The minimum atomic E-state index is -0.455. The molecule has 0 unspecified atom stereocenters. The maximum Gasteiger partial charge on any atom is 0.259 e. The minimum Gasteiger partial charge on any atom is -0.314 e. The van der Waals surface area contributed by atoms with Crippen LogP contribution >= 0.6 is 11.6 Å². The van der Waals surface area contributed by atoms with Crippen molar-refractivity contribution in [3.05, 3.63) is 34.9 Å². The van der Waals surface area contributed by atoms with Crippen LogP contribution in [0.1, 0.15) is 17.3 Å². The molecule has 0 bridgehead atoms. The van der Waals surface area contributed by atoms with E-state index in [9.17, 15) is 9.59 Å². The summed E-state index contributed by atoms with van der Waals surface area (Å²) in [6.45, 7) is 4.78. The summed E-state index contributed by atoms with van der Waals surface area (Å²) in [5.41, 5.74) is 0.316. The molecule has 1 aromatic rings. The summed E-state index contributed by atoms with van der Waals surface area (Å²) in [4.78, 5) is 25.9. The first kappa shape index (κ1) is 15.0. The highest BCUT2D eigenvalue weighted by Gasteiger charge is 2.25. The molecule has 0 atom stereocenters. The molecule has 0 saturated carbocycles. The van der Waals surface area contributed by atoms with Crippen LogP contribution in [-0.4, -0.2) is 48.9 Å². The molecule has 0 radical (unpaired) electrons. The highest BCUT2D eigenvalue weighted by atomic mass is 35.5. The fraction of sp³-hybridized carbons (Fsp3) is 0.429. The number of benzene rings is 1. The molecule has 1 aliphatic heterocycles. The first-order valence-electron chi connectivity index (χ1n) is 6.65. The van der Waals surface area contributed by atoms with E-state index < -0.39 is 5.91 Å². The Bertz CT molecular complexity index is 503. The second kappa shape index (κ2) is 6.83. The maximum atomic E-state index is 12.0. The van der Waals surface area contributed by atoms with E-state index in [0.717, 1.165) is 19.6 Å². The van der Waals surface area contributed by atoms with Crippen molar-refractivity contribution in [2.24, 2.45) is 0 Å². The average molecular weight is 296 g/mol. The lowest BCUT2D eigenvalue weighted by atomic mass is 10.1. The molecule has 2 N–H and O–H groups in total. The number of halogens is 1. The number of amides is 2. The molecule has 108 valence electrons. The second-order valence-electron chi connectivity index (χ2n) is 4.73. The molecule has 0 aliphatic carbocycles. The number of carbonyl (C=O) groups is 2. The molecule has 2 rings (SSSR count). The van der Waals surface area contributed by atoms with Crippen molar-refractivity contribution < 1.29 is 9.59 Å². The van der Waals surface area contributed by atoms with Gasteiger partial charge in [-0.05, 0) is 18.7 Å². The van der Waals surface area contributed by atoms with Gasteiger partial charge >= 0.3 is 0 Å². The summed E-state index contributed by atoms with van der Waals surface area (Å²) in [5, 5.41) is 5.89. The van der Waals surface area contributed by atoms with E-state index in [0.29, 0.717) is 16.6 Å². The largest absolute Gasteiger partial charge is 0.314 e. The van der Waals surface area contributed by atoms with Gasteiger partial charge in [0.1, 0.15) is 0 Å². The molecule has 5 nitrogen and oxygen atoms in total. The fourth-order valence-corrected chi connectivity index (χ4v) is 2.32. The van der Waals surface area contributed by atoms with Crippen molar-refractivity contribution in [2.75, 3.05) is 26.2 Å². The Labute approximate surface area is 123 Å². The van der Waals surface area contributed by atoms with Crippen LogP contribution in [-0.2, 0) is 4.79 Å². The van der Waals surface area contributed by atoms with Crippen LogP contribution in [0.5, 0.6) is 0 Å². The van der Waals surface area contributed by atoms with Crippen LogP contribution in [0.3, 0.4) is 0 Å². The maximum absolute atomic E-state index is 12.0. The van der Waals surface area contributed by atoms with Gasteiger partial charge in [0.25, 0.3) is 5.91 Å². The van der Waals surface area contributed by atoms with Crippen LogP contribution in [0.2, 0.25) is 5.02 Å². The lowest BCUT2D eigenvalue weighted by Gasteiger charge is -2.37. The zero-order valence-electron chi connectivity index (χ0n) is 11.4. The Kier molecular flexibility index (Phi) is 5.11. The highest BCUT2D eigenvalue weighted by molar-refractivity contribution is 6.34. The van der Waals surface area contributed by atoms with Crippen LogP contribution in [0.4, 0.5) is 0 Å². The number of hydrogen-bond acceptors (Lipinski definition) is 4. The summed E-state index contributed by atoms with van der Waals surface area (Å²) >= 11 is 5.93. The molecule has 1 aromatic carbocycles. The van der Waals surface area contributed by atoms with E-state index in [-0.39, 0.29) is 12.5 Å². The Hall–Kier alpha value is -1.43. The third kappa shape index (κ3) is 3.56. The van der Waals surface area contributed by atoms with Crippen molar-refractivity contribution in [1.82, 2.24) is 15.5 Å². The summed E-state index contributed by atoms with van der Waals surface area (Å²) in [7, 11) is 0. The third-order valence-electron chi connectivity index (χ3n) is 3.40. The molecular formula is C14H18ClN3O2. The van der Waals surface area contributed by atoms with E-state index >= 15 is 0 Å². The van der Waals surface area contributed by atoms with Crippen molar-refractivity contribution in [1.29, 1.82) is 0 Å². The lowest BCUT2D eigenvalue weighted by molar-refractivity contribution is -0.122. The molecule has 2 amide bonds. The van der Waals surface area contributed by atoms with Crippen LogP contribution < -0.4 is 10.6 Å². The molecule has 1 aliphatic rings. The number of hydrogen-bond donors (Lipinski definition) is 2. The monoisotopic (exact) mass is 295 g/mol. The number of nitrogens with zero attached hydrogens (tertiary/aromatic N) is 1. The normalized spacial score (nSPS) is 14.9. The number of rotatable bonds is 5. The molecular weight excluding hydrogens is 278 g/mol. The number of carbonyl (C=O) groups excluding carboxylic acids is 2. The smallest absolute Gasteiger partial charge is 0.259 e. The summed E-state index contributed by atoms with van der Waals surface area (Å²) in [6, 6.07) is 7.05. The van der Waals surface area contributed by atoms with Gasteiger partial charge in [0, 0.05) is 19.1 Å². The Morgan fingerprint density at radius 1 is 1.40 bits per heavy atom. The van der Waals surface area contributed by atoms with Gasteiger partial charge in [-0.15, -0.1) is 0 Å². The zero-order chi connectivity index (χ0) is 14.5. The van der Waals surface area contributed by atoms with Gasteiger partial charge in [0.05, 0.1) is 17.1 Å². The van der Waals surface area contributed by atoms with Gasteiger partial charge in [0.15, 0.2) is 0 Å². The highest BCUT2D eigenvalue weighted by Crippen LogP contribution is 2.14. The predicted octanol–water partition coefficient (Wildman–Crippen LogP) is 0.890. The SMILES string of the molecule is CCN(CC(=O)NC(=O)c1ccccc1Cl)C1CNC1. The predicted molar refractivity (Wildman–Crippen MR) is 77.8 cm³/mol. The first-order valence-corrected chi connectivity index (χ1v) is 7.03. The van der Waals surface area contributed by atoms with Crippen molar-refractivity contribution >= 4 is 23.4 Å². The van der Waals surface area contributed by atoms with E-state index in [1.54, 1.807) is 24.3 Å². The molecule has 1 saturated heterocycles. The van der Waals surface area contributed by atoms with Crippen LogP contribution in [0.15, 0.2) is 24.3 Å². The van der Waals surface area contributed by atoms with Gasteiger partial charge < -0.3 is 5.32 Å². The van der Waals surface area contributed by atoms with Gasteiger partial charge in [-0.2, -0.15) is 0 Å². The van der Waals surface area contributed by atoms with Crippen LogP contribution in [0, 0.1) is 0 Å². The summed E-state index contributed by atoms with van der Waals surface area (Å²) in [6.07, 6.45) is 0. The molecule has 1 fully saturated rings. The Balaban J connectivity index is 1.90. The van der Waals surface area contributed by atoms with Crippen molar-refractivity contribution in [3.8, 4) is 0 Å². The van der Waals surface area contributed by atoms with E-state index in [2.05, 4.69) is 10.6 Å². The zero-order valence-corrected chi connectivity index (χ0v) is 12.1. The third-order valence-corrected chi connectivity index (χ3v) is 3.73. The summed E-state index contributed by atoms with van der Waals surface area (Å²) in [5.74, 6) is -0.757. The number of nitrogens with one attached hydrogen (secondary N) is 2. The Morgan fingerprint density at radius 2 is 2.10 bits per heavy atom. The van der Waals surface area contributed by atoms with Gasteiger partial charge in [-0.25, -0.2) is 0 Å². The van der Waals surface area contributed by atoms with Gasteiger partial charge in [0.2, 0.25) is 5.91 Å². The number of imide groups is 1. The van der Waals surface area contributed by atoms with E-state index in [1.807, 2.05) is 11.8 Å². The molecule has 20 heavy (non-hydrogen) atoms. The summed E-state index contributed by atoms with van der Waals surface area (Å²) < 4.78 is 0. The number of likely N-dealkylation sites (N-methyl/N-ethyl adjacent to an activating group) is 1. The lowest BCUT2D eigenvalue weighted by Crippen LogP contribution is -2.59. The minimum absolute atomic E-state index is 0.221. The van der Waals surface area contributed by atoms with Crippen molar-refractivity contribution in [3.63, 3.8) is 0 Å². The first-order chi connectivity index (χ1) is 9.61. The molecule has 6 heteroatoms. The van der Waals surface area contributed by atoms with Gasteiger partial charge in [-0.3, -0.25) is 19.8 Å². The molecule has 0 spiro atoms. The van der Waals surface area contributed by atoms with E-state index in [4.69, 9.17) is 11.6 Å².